The molecule has 3 aromatic carbocycles. The third-order valence-corrected chi connectivity index (χ3v) is 7.11. The van der Waals surface area contributed by atoms with Crippen LogP contribution >= 0.6 is 47.8 Å². The third-order valence-electron chi connectivity index (χ3n) is 5.44. The first kappa shape index (κ1) is 25.8. The summed E-state index contributed by atoms with van der Waals surface area (Å²) in [6.45, 7) is 4.63. The van der Waals surface area contributed by atoms with Crippen LogP contribution in [-0.4, -0.2) is 15.9 Å². The van der Waals surface area contributed by atoms with E-state index in [1.54, 1.807) is 12.3 Å². The molecular formula is C27H24Br3N3O2. The molecule has 0 aliphatic rings. The summed E-state index contributed by atoms with van der Waals surface area (Å²) in [7, 11) is 0. The molecule has 1 heterocycles. The standard InChI is InChI=1S/C27H24Br3N3O2/c1-3-4-8-25-32-24-10-9-20(28)14-21(24)27(34)33(25)31-15-19-12-22(29)26(23(30)13-19)35-16-18-7-5-6-17(2)11-18/h5-7,9-15H,3-4,8,16H2,1-2H3. The third kappa shape index (κ3) is 6.29. The van der Waals surface area contributed by atoms with Crippen molar-refractivity contribution in [3.05, 3.63) is 101 Å². The zero-order valence-corrected chi connectivity index (χ0v) is 24.2. The molecule has 180 valence electrons. The quantitative estimate of drug-likeness (QED) is 0.181. The molecule has 4 aromatic rings. The highest BCUT2D eigenvalue weighted by Gasteiger charge is 2.12. The Bertz CT molecular complexity index is 1440. The molecule has 4 rings (SSSR count). The van der Waals surface area contributed by atoms with Gasteiger partial charge in [-0.25, -0.2) is 4.98 Å². The summed E-state index contributed by atoms with van der Waals surface area (Å²) in [5.74, 6) is 1.36. The number of rotatable bonds is 8. The Morgan fingerprint density at radius 2 is 1.83 bits per heavy atom. The summed E-state index contributed by atoms with van der Waals surface area (Å²) in [4.78, 5) is 18.0. The summed E-state index contributed by atoms with van der Waals surface area (Å²) in [5.41, 5.74) is 3.60. The van der Waals surface area contributed by atoms with Crippen LogP contribution in [0.1, 0.15) is 42.3 Å². The Morgan fingerprint density at radius 3 is 2.54 bits per heavy atom. The van der Waals surface area contributed by atoms with Crippen LogP contribution in [0.4, 0.5) is 0 Å². The smallest absolute Gasteiger partial charge is 0.282 e. The second-order valence-corrected chi connectivity index (χ2v) is 10.9. The molecule has 0 radical (unpaired) electrons. The van der Waals surface area contributed by atoms with Crippen LogP contribution in [0.15, 0.2) is 77.9 Å². The van der Waals surface area contributed by atoms with Gasteiger partial charge >= 0.3 is 0 Å². The molecule has 0 unspecified atom stereocenters. The van der Waals surface area contributed by atoms with Gasteiger partial charge < -0.3 is 4.74 Å². The van der Waals surface area contributed by atoms with E-state index in [-0.39, 0.29) is 5.56 Å². The van der Waals surface area contributed by atoms with Gasteiger partial charge in [-0.15, -0.1) is 0 Å². The van der Waals surface area contributed by atoms with Gasteiger partial charge in [0.1, 0.15) is 18.2 Å². The van der Waals surface area contributed by atoms with Crippen molar-refractivity contribution >= 4 is 64.9 Å². The van der Waals surface area contributed by atoms with E-state index in [2.05, 4.69) is 78.9 Å². The monoisotopic (exact) mass is 659 g/mol. The van der Waals surface area contributed by atoms with Gasteiger partial charge in [-0.2, -0.15) is 9.78 Å². The average molecular weight is 662 g/mol. The fourth-order valence-corrected chi connectivity index (χ4v) is 5.50. The molecule has 0 aliphatic carbocycles. The van der Waals surface area contributed by atoms with Crippen LogP contribution in [0, 0.1) is 6.92 Å². The summed E-state index contributed by atoms with van der Waals surface area (Å²) in [5, 5.41) is 5.07. The fraction of sp³-hybridized carbons (Fsp3) is 0.222. The number of unbranched alkanes of at least 4 members (excludes halogenated alkanes) is 1. The lowest BCUT2D eigenvalue weighted by molar-refractivity contribution is 0.302. The van der Waals surface area contributed by atoms with Crippen LogP contribution in [0.5, 0.6) is 5.75 Å². The predicted octanol–water partition coefficient (Wildman–Crippen LogP) is 7.80. The first-order chi connectivity index (χ1) is 16.9. The van der Waals surface area contributed by atoms with Gasteiger partial charge in [0.2, 0.25) is 0 Å². The van der Waals surface area contributed by atoms with Crippen LogP contribution in [-0.2, 0) is 13.0 Å². The highest BCUT2D eigenvalue weighted by molar-refractivity contribution is 9.11. The van der Waals surface area contributed by atoms with Crippen LogP contribution in [0.2, 0.25) is 0 Å². The lowest BCUT2D eigenvalue weighted by Crippen LogP contribution is -2.22. The molecular weight excluding hydrogens is 638 g/mol. The zero-order chi connectivity index (χ0) is 24.9. The molecule has 0 saturated carbocycles. The van der Waals surface area contributed by atoms with E-state index < -0.39 is 0 Å². The number of hydrogen-bond donors (Lipinski definition) is 0. The topological polar surface area (TPSA) is 56.5 Å². The summed E-state index contributed by atoms with van der Waals surface area (Å²) < 4.78 is 9.88. The number of nitrogens with zero attached hydrogens (tertiary/aromatic N) is 3. The molecule has 0 spiro atoms. The van der Waals surface area contributed by atoms with Crippen molar-refractivity contribution in [2.24, 2.45) is 5.10 Å². The molecule has 8 heteroatoms. The van der Waals surface area contributed by atoms with Gasteiger partial charge in [-0.3, -0.25) is 4.79 Å². The van der Waals surface area contributed by atoms with E-state index in [1.807, 2.05) is 36.4 Å². The Balaban J connectivity index is 1.64. The summed E-state index contributed by atoms with van der Waals surface area (Å²) >= 11 is 10.7. The number of aryl methyl sites for hydroxylation is 2. The minimum absolute atomic E-state index is 0.185. The SMILES string of the molecule is CCCCc1nc2ccc(Br)cc2c(=O)n1N=Cc1cc(Br)c(OCc2cccc(C)c2)c(Br)c1. The van der Waals surface area contributed by atoms with E-state index in [4.69, 9.17) is 9.72 Å². The molecule has 0 aliphatic heterocycles. The fourth-order valence-electron chi connectivity index (χ4n) is 3.68. The summed E-state index contributed by atoms with van der Waals surface area (Å²) in [6.07, 6.45) is 4.27. The molecule has 1 aromatic heterocycles. The average Bonchev–Trinajstić information content (AvgIpc) is 2.82. The molecule has 35 heavy (non-hydrogen) atoms. The Kier molecular flexibility index (Phi) is 8.57. The highest BCUT2D eigenvalue weighted by Crippen LogP contribution is 2.35. The van der Waals surface area contributed by atoms with E-state index in [9.17, 15) is 4.79 Å². The van der Waals surface area contributed by atoms with E-state index >= 15 is 0 Å². The maximum atomic E-state index is 13.3. The molecule has 0 fully saturated rings. The van der Waals surface area contributed by atoms with Gasteiger partial charge in [-0.1, -0.05) is 59.1 Å². The lowest BCUT2D eigenvalue weighted by atomic mass is 10.1. The van der Waals surface area contributed by atoms with Crippen molar-refractivity contribution in [3.8, 4) is 5.75 Å². The zero-order valence-electron chi connectivity index (χ0n) is 19.4. The van der Waals surface area contributed by atoms with Crippen LogP contribution in [0.25, 0.3) is 10.9 Å². The maximum Gasteiger partial charge on any atom is 0.282 e. The summed E-state index contributed by atoms with van der Waals surface area (Å²) in [6, 6.07) is 17.6. The predicted molar refractivity (Wildman–Crippen MR) is 153 cm³/mol. The molecule has 0 saturated heterocycles. The lowest BCUT2D eigenvalue weighted by Gasteiger charge is -2.12. The number of hydrogen-bond acceptors (Lipinski definition) is 4. The second-order valence-electron chi connectivity index (χ2n) is 8.25. The molecule has 0 bridgehead atoms. The Labute approximate surface area is 229 Å². The first-order valence-electron chi connectivity index (χ1n) is 11.3. The number of ether oxygens (including phenoxy) is 1. The molecule has 0 atom stereocenters. The minimum atomic E-state index is -0.185. The van der Waals surface area contributed by atoms with Gasteiger partial charge in [0.15, 0.2) is 0 Å². The van der Waals surface area contributed by atoms with E-state index in [1.165, 1.54) is 10.2 Å². The van der Waals surface area contributed by atoms with E-state index in [0.717, 1.165) is 37.4 Å². The van der Waals surface area contributed by atoms with E-state index in [0.29, 0.717) is 35.5 Å². The van der Waals surface area contributed by atoms with Crippen molar-refractivity contribution in [1.82, 2.24) is 9.66 Å². The van der Waals surface area contributed by atoms with Crippen molar-refractivity contribution in [2.45, 2.75) is 39.7 Å². The first-order valence-corrected chi connectivity index (χ1v) is 13.7. The van der Waals surface area contributed by atoms with Crippen molar-refractivity contribution in [3.63, 3.8) is 0 Å². The number of aromatic nitrogens is 2. The largest absolute Gasteiger partial charge is 0.487 e. The highest BCUT2D eigenvalue weighted by atomic mass is 79.9. The van der Waals surface area contributed by atoms with Crippen LogP contribution < -0.4 is 10.3 Å². The number of halogens is 3. The van der Waals surface area contributed by atoms with Gasteiger partial charge in [0.25, 0.3) is 5.56 Å². The second kappa shape index (κ2) is 11.6. The Hall–Kier alpha value is -2.29. The molecule has 0 amide bonds. The number of benzene rings is 3. The maximum absolute atomic E-state index is 13.3. The van der Waals surface area contributed by atoms with Gasteiger partial charge in [0.05, 0.1) is 26.1 Å². The minimum Gasteiger partial charge on any atom is -0.487 e. The van der Waals surface area contributed by atoms with Crippen molar-refractivity contribution < 1.29 is 4.74 Å². The van der Waals surface area contributed by atoms with Gasteiger partial charge in [0, 0.05) is 10.9 Å². The van der Waals surface area contributed by atoms with Gasteiger partial charge in [-0.05, 0) is 86.7 Å². The van der Waals surface area contributed by atoms with Crippen molar-refractivity contribution in [2.75, 3.05) is 0 Å². The normalized spacial score (nSPS) is 11.5. The Morgan fingerprint density at radius 1 is 1.06 bits per heavy atom. The van der Waals surface area contributed by atoms with Crippen molar-refractivity contribution in [1.29, 1.82) is 0 Å². The van der Waals surface area contributed by atoms with Crippen LogP contribution in [0.3, 0.4) is 0 Å². The molecule has 0 N–H and O–H groups in total. The molecule has 5 nitrogen and oxygen atoms in total. The number of fused-ring (bicyclic) bond motifs is 1.